The Morgan fingerprint density at radius 2 is 1.70 bits per heavy atom. The minimum atomic E-state index is -0.178. The number of urea groups is 1. The summed E-state index contributed by atoms with van der Waals surface area (Å²) in [5.74, 6) is 0.396. The SMILES string of the molecule is CC(C)CNC(=O)c1ccc(NC(=O)N2CCC(C(=O)N(C)C)CC2)cc1. The van der Waals surface area contributed by atoms with Crippen molar-refractivity contribution in [1.29, 1.82) is 0 Å². The molecule has 0 spiro atoms. The highest BCUT2D eigenvalue weighted by molar-refractivity contribution is 5.95. The molecule has 0 unspecified atom stereocenters. The number of hydrogen-bond acceptors (Lipinski definition) is 3. The van der Waals surface area contributed by atoms with Crippen molar-refractivity contribution in [3.63, 3.8) is 0 Å². The number of carbonyl (C=O) groups is 3. The van der Waals surface area contributed by atoms with Crippen molar-refractivity contribution in [3.8, 4) is 0 Å². The molecule has 1 heterocycles. The van der Waals surface area contributed by atoms with E-state index in [-0.39, 0.29) is 23.8 Å². The van der Waals surface area contributed by atoms with Gasteiger partial charge in [-0.2, -0.15) is 0 Å². The second kappa shape index (κ2) is 9.39. The van der Waals surface area contributed by atoms with Gasteiger partial charge in [-0.1, -0.05) is 13.8 Å². The molecule has 2 rings (SSSR count). The third kappa shape index (κ3) is 5.98. The van der Waals surface area contributed by atoms with Crippen LogP contribution in [0.1, 0.15) is 37.0 Å². The van der Waals surface area contributed by atoms with Crippen molar-refractivity contribution in [2.24, 2.45) is 11.8 Å². The molecule has 7 nitrogen and oxygen atoms in total. The molecule has 2 N–H and O–H groups in total. The number of anilines is 1. The topological polar surface area (TPSA) is 81.8 Å². The van der Waals surface area contributed by atoms with Crippen molar-refractivity contribution >= 4 is 23.5 Å². The van der Waals surface area contributed by atoms with Gasteiger partial charge in [-0.3, -0.25) is 9.59 Å². The fourth-order valence-corrected chi connectivity index (χ4v) is 3.00. The Morgan fingerprint density at radius 1 is 1.11 bits per heavy atom. The van der Waals surface area contributed by atoms with Gasteiger partial charge < -0.3 is 20.4 Å². The van der Waals surface area contributed by atoms with Crippen molar-refractivity contribution in [2.45, 2.75) is 26.7 Å². The molecule has 0 atom stereocenters. The second-order valence-corrected chi connectivity index (χ2v) is 7.61. The van der Waals surface area contributed by atoms with Crippen LogP contribution in [-0.4, -0.2) is 61.4 Å². The predicted molar refractivity (Wildman–Crippen MR) is 106 cm³/mol. The number of nitrogens with zero attached hydrogens (tertiary/aromatic N) is 2. The molecule has 7 heteroatoms. The van der Waals surface area contributed by atoms with Gasteiger partial charge in [-0.15, -0.1) is 0 Å². The maximum atomic E-state index is 12.4. The molecular formula is C20H30N4O3. The zero-order chi connectivity index (χ0) is 20.0. The van der Waals surface area contributed by atoms with Gasteiger partial charge in [-0.05, 0) is 43.0 Å². The van der Waals surface area contributed by atoms with E-state index in [1.54, 1.807) is 48.2 Å². The van der Waals surface area contributed by atoms with Crippen molar-refractivity contribution in [1.82, 2.24) is 15.1 Å². The normalized spacial score (nSPS) is 14.8. The highest BCUT2D eigenvalue weighted by atomic mass is 16.2. The van der Waals surface area contributed by atoms with Crippen LogP contribution in [0, 0.1) is 11.8 Å². The second-order valence-electron chi connectivity index (χ2n) is 7.61. The lowest BCUT2D eigenvalue weighted by atomic mass is 9.96. The number of carbonyl (C=O) groups excluding carboxylic acids is 3. The zero-order valence-corrected chi connectivity index (χ0v) is 16.6. The summed E-state index contributed by atoms with van der Waals surface area (Å²) >= 11 is 0. The molecule has 1 saturated heterocycles. The standard InChI is InChI=1S/C20H30N4O3/c1-14(2)13-21-18(25)15-5-7-17(8-6-15)22-20(27)24-11-9-16(10-12-24)19(26)23(3)4/h5-8,14,16H,9-13H2,1-4H3,(H,21,25)(H,22,27). The molecule has 1 aliphatic heterocycles. The first kappa shape index (κ1) is 20.7. The van der Waals surface area contributed by atoms with Crippen LogP contribution >= 0.6 is 0 Å². The average Bonchev–Trinajstić information content (AvgIpc) is 2.66. The maximum Gasteiger partial charge on any atom is 0.321 e. The lowest BCUT2D eigenvalue weighted by Crippen LogP contribution is -2.44. The Labute approximate surface area is 161 Å². The van der Waals surface area contributed by atoms with Crippen molar-refractivity contribution in [2.75, 3.05) is 39.0 Å². The van der Waals surface area contributed by atoms with Gasteiger partial charge in [0, 0.05) is 50.9 Å². The van der Waals surface area contributed by atoms with Crippen LogP contribution < -0.4 is 10.6 Å². The summed E-state index contributed by atoms with van der Waals surface area (Å²) in [6.45, 7) is 5.83. The predicted octanol–water partition coefficient (Wildman–Crippen LogP) is 2.40. The summed E-state index contributed by atoms with van der Waals surface area (Å²) in [6.07, 6.45) is 1.36. The summed E-state index contributed by atoms with van der Waals surface area (Å²) in [5, 5.41) is 5.72. The first-order valence-corrected chi connectivity index (χ1v) is 9.43. The molecule has 148 valence electrons. The highest BCUT2D eigenvalue weighted by Gasteiger charge is 2.28. The van der Waals surface area contributed by atoms with Gasteiger partial charge in [0.1, 0.15) is 0 Å². The minimum Gasteiger partial charge on any atom is -0.352 e. The van der Waals surface area contributed by atoms with Gasteiger partial charge in [0.2, 0.25) is 5.91 Å². The van der Waals surface area contributed by atoms with Crippen LogP contribution in [0.5, 0.6) is 0 Å². The third-order valence-corrected chi connectivity index (χ3v) is 4.64. The number of likely N-dealkylation sites (tertiary alicyclic amines) is 1. The van der Waals surface area contributed by atoms with Gasteiger partial charge in [0.05, 0.1) is 0 Å². The van der Waals surface area contributed by atoms with Crippen LogP contribution in [-0.2, 0) is 4.79 Å². The van der Waals surface area contributed by atoms with Crippen LogP contribution in [0.15, 0.2) is 24.3 Å². The van der Waals surface area contributed by atoms with E-state index in [2.05, 4.69) is 10.6 Å². The molecule has 1 aromatic carbocycles. The average molecular weight is 374 g/mol. The molecule has 27 heavy (non-hydrogen) atoms. The molecule has 1 aromatic rings. The summed E-state index contributed by atoms with van der Waals surface area (Å²) in [5.41, 5.74) is 1.21. The monoisotopic (exact) mass is 374 g/mol. The molecule has 1 aliphatic rings. The summed E-state index contributed by atoms with van der Waals surface area (Å²) in [4.78, 5) is 39.8. The first-order valence-electron chi connectivity index (χ1n) is 9.43. The molecule has 0 radical (unpaired) electrons. The fourth-order valence-electron chi connectivity index (χ4n) is 3.00. The number of hydrogen-bond donors (Lipinski definition) is 2. The summed E-state index contributed by atoms with van der Waals surface area (Å²) < 4.78 is 0. The maximum absolute atomic E-state index is 12.4. The van der Waals surface area contributed by atoms with E-state index < -0.39 is 0 Å². The van der Waals surface area contributed by atoms with Crippen molar-refractivity contribution < 1.29 is 14.4 Å². The van der Waals surface area contributed by atoms with Crippen molar-refractivity contribution in [3.05, 3.63) is 29.8 Å². The lowest BCUT2D eigenvalue weighted by Gasteiger charge is -2.32. The largest absolute Gasteiger partial charge is 0.352 e. The van der Waals surface area contributed by atoms with Crippen LogP contribution in [0.4, 0.5) is 10.5 Å². The van der Waals surface area contributed by atoms with E-state index in [0.717, 1.165) is 0 Å². The number of benzene rings is 1. The Bertz CT molecular complexity index is 662. The minimum absolute atomic E-state index is 0.00677. The first-order chi connectivity index (χ1) is 12.8. The quantitative estimate of drug-likeness (QED) is 0.830. The summed E-state index contributed by atoms with van der Waals surface area (Å²) in [7, 11) is 3.52. The van der Waals surface area contributed by atoms with E-state index in [1.807, 2.05) is 13.8 Å². The van der Waals surface area contributed by atoms with Gasteiger partial charge in [-0.25, -0.2) is 4.79 Å². The van der Waals surface area contributed by atoms with Crippen LogP contribution in [0.2, 0.25) is 0 Å². The number of amides is 4. The molecule has 0 aliphatic carbocycles. The van der Waals surface area contributed by atoms with E-state index >= 15 is 0 Å². The van der Waals surface area contributed by atoms with Gasteiger partial charge in [0.25, 0.3) is 5.91 Å². The van der Waals surface area contributed by atoms with Crippen LogP contribution in [0.25, 0.3) is 0 Å². The van der Waals surface area contributed by atoms with Gasteiger partial charge in [0.15, 0.2) is 0 Å². The van der Waals surface area contributed by atoms with E-state index in [0.29, 0.717) is 49.6 Å². The Balaban J connectivity index is 1.84. The summed E-state index contributed by atoms with van der Waals surface area (Å²) in [6, 6.07) is 6.68. The highest BCUT2D eigenvalue weighted by Crippen LogP contribution is 2.20. The number of nitrogens with one attached hydrogen (secondary N) is 2. The lowest BCUT2D eigenvalue weighted by molar-refractivity contribution is -0.134. The molecule has 0 saturated carbocycles. The Kier molecular flexibility index (Phi) is 7.21. The molecule has 4 amide bonds. The Morgan fingerprint density at radius 3 is 2.22 bits per heavy atom. The Hall–Kier alpha value is -2.57. The zero-order valence-electron chi connectivity index (χ0n) is 16.6. The van der Waals surface area contributed by atoms with Crippen LogP contribution in [0.3, 0.4) is 0 Å². The van der Waals surface area contributed by atoms with E-state index in [9.17, 15) is 14.4 Å². The smallest absolute Gasteiger partial charge is 0.321 e. The molecular weight excluding hydrogens is 344 g/mol. The van der Waals surface area contributed by atoms with Gasteiger partial charge >= 0.3 is 6.03 Å². The van der Waals surface area contributed by atoms with E-state index in [1.165, 1.54) is 0 Å². The fraction of sp³-hybridized carbons (Fsp3) is 0.550. The van der Waals surface area contributed by atoms with E-state index in [4.69, 9.17) is 0 Å². The molecule has 0 bridgehead atoms. The number of piperidine rings is 1. The third-order valence-electron chi connectivity index (χ3n) is 4.64. The number of rotatable bonds is 5. The molecule has 0 aromatic heterocycles. The molecule has 1 fully saturated rings.